The monoisotopic (exact) mass is 239 g/mol. The highest BCUT2D eigenvalue weighted by molar-refractivity contribution is 6.17. The lowest BCUT2D eigenvalue weighted by molar-refractivity contribution is 0.743. The molecule has 0 atom stereocenters. The molecule has 1 aromatic carbocycles. The predicted molar refractivity (Wildman–Crippen MR) is 73.5 cm³/mol. The van der Waals surface area contributed by atoms with Crippen molar-refractivity contribution in [3.05, 3.63) is 29.8 Å². The van der Waals surface area contributed by atoms with Crippen LogP contribution in [0.4, 0.5) is 5.69 Å². The molecule has 1 nitrogen and oxygen atoms in total. The van der Waals surface area contributed by atoms with Crippen LogP contribution in [0.15, 0.2) is 24.3 Å². The van der Waals surface area contributed by atoms with Crippen molar-refractivity contribution in [1.82, 2.24) is 0 Å². The van der Waals surface area contributed by atoms with E-state index in [1.165, 1.54) is 30.5 Å². The van der Waals surface area contributed by atoms with Gasteiger partial charge in [-0.1, -0.05) is 31.9 Å². The van der Waals surface area contributed by atoms with E-state index in [4.69, 9.17) is 11.6 Å². The Hall–Kier alpha value is -0.690. The summed E-state index contributed by atoms with van der Waals surface area (Å²) >= 11 is 5.69. The van der Waals surface area contributed by atoms with Crippen molar-refractivity contribution in [3.8, 4) is 0 Å². The molecule has 16 heavy (non-hydrogen) atoms. The van der Waals surface area contributed by atoms with Gasteiger partial charge in [-0.25, -0.2) is 0 Å². The molecule has 0 aliphatic rings. The Kier molecular flexibility index (Phi) is 7.07. The normalized spacial score (nSPS) is 10.4. The van der Waals surface area contributed by atoms with Gasteiger partial charge in [0.15, 0.2) is 0 Å². The summed E-state index contributed by atoms with van der Waals surface area (Å²) in [6.07, 6.45) is 5.97. The van der Waals surface area contributed by atoms with Crippen molar-refractivity contribution >= 4 is 17.3 Å². The van der Waals surface area contributed by atoms with Gasteiger partial charge in [0, 0.05) is 18.1 Å². The summed E-state index contributed by atoms with van der Waals surface area (Å²) in [5.41, 5.74) is 2.62. The van der Waals surface area contributed by atoms with Crippen molar-refractivity contribution in [3.63, 3.8) is 0 Å². The standard InChI is InChI=1S/C14H22ClN/c1-2-3-4-11-16-14-9-5-7-13(12-14)8-6-10-15/h5,7,9,12,16H,2-4,6,8,10-11H2,1H3. The topological polar surface area (TPSA) is 12.0 Å². The lowest BCUT2D eigenvalue weighted by atomic mass is 10.1. The van der Waals surface area contributed by atoms with E-state index in [0.29, 0.717) is 0 Å². The Morgan fingerprint density at radius 3 is 2.81 bits per heavy atom. The zero-order valence-corrected chi connectivity index (χ0v) is 10.9. The first-order chi connectivity index (χ1) is 7.86. The van der Waals surface area contributed by atoms with Crippen LogP contribution in [0, 0.1) is 0 Å². The van der Waals surface area contributed by atoms with Gasteiger partial charge in [-0.05, 0) is 37.0 Å². The van der Waals surface area contributed by atoms with Crippen LogP contribution in [0.1, 0.15) is 38.2 Å². The van der Waals surface area contributed by atoms with E-state index in [2.05, 4.69) is 36.5 Å². The fraction of sp³-hybridized carbons (Fsp3) is 0.571. The van der Waals surface area contributed by atoms with Crippen LogP contribution in [-0.2, 0) is 6.42 Å². The van der Waals surface area contributed by atoms with Crippen molar-refractivity contribution in [2.24, 2.45) is 0 Å². The number of anilines is 1. The maximum atomic E-state index is 5.69. The number of hydrogen-bond acceptors (Lipinski definition) is 1. The molecule has 1 rings (SSSR count). The Morgan fingerprint density at radius 2 is 2.06 bits per heavy atom. The largest absolute Gasteiger partial charge is 0.385 e. The summed E-state index contributed by atoms with van der Waals surface area (Å²) in [6.45, 7) is 3.31. The lowest BCUT2D eigenvalue weighted by Crippen LogP contribution is -2.01. The number of nitrogens with one attached hydrogen (secondary N) is 1. The molecule has 1 N–H and O–H groups in total. The molecule has 0 bridgehead atoms. The maximum Gasteiger partial charge on any atom is 0.0342 e. The van der Waals surface area contributed by atoms with E-state index in [9.17, 15) is 0 Å². The number of alkyl halides is 1. The van der Waals surface area contributed by atoms with E-state index in [0.717, 1.165) is 25.3 Å². The number of unbranched alkanes of at least 4 members (excludes halogenated alkanes) is 2. The van der Waals surface area contributed by atoms with Crippen LogP contribution in [0.2, 0.25) is 0 Å². The van der Waals surface area contributed by atoms with Gasteiger partial charge >= 0.3 is 0 Å². The molecule has 0 saturated carbocycles. The van der Waals surface area contributed by atoms with Crippen LogP contribution in [0.3, 0.4) is 0 Å². The summed E-state index contributed by atoms with van der Waals surface area (Å²) in [4.78, 5) is 0. The third-order valence-electron chi connectivity index (χ3n) is 2.64. The van der Waals surface area contributed by atoms with Crippen LogP contribution >= 0.6 is 11.6 Å². The minimum Gasteiger partial charge on any atom is -0.385 e. The van der Waals surface area contributed by atoms with Crippen LogP contribution in [0.5, 0.6) is 0 Å². The highest BCUT2D eigenvalue weighted by Crippen LogP contribution is 2.12. The molecule has 0 spiro atoms. The molecule has 0 aliphatic carbocycles. The zero-order valence-electron chi connectivity index (χ0n) is 10.1. The third kappa shape index (κ3) is 5.41. The molecule has 0 radical (unpaired) electrons. The summed E-state index contributed by atoms with van der Waals surface area (Å²) in [5.74, 6) is 0.744. The molecule has 0 amide bonds. The number of aryl methyl sites for hydroxylation is 1. The first kappa shape index (κ1) is 13.4. The highest BCUT2D eigenvalue weighted by atomic mass is 35.5. The summed E-state index contributed by atoms with van der Waals surface area (Å²) in [5, 5.41) is 3.46. The van der Waals surface area contributed by atoms with Gasteiger partial charge in [-0.15, -0.1) is 11.6 Å². The SMILES string of the molecule is CCCCCNc1cccc(CCCCl)c1. The van der Waals surface area contributed by atoms with Gasteiger partial charge in [-0.2, -0.15) is 0 Å². The Bertz CT molecular complexity index is 286. The molecular formula is C14H22ClN. The van der Waals surface area contributed by atoms with E-state index < -0.39 is 0 Å². The van der Waals surface area contributed by atoms with Crippen LogP contribution in [0.25, 0.3) is 0 Å². The molecule has 0 aliphatic heterocycles. The smallest absolute Gasteiger partial charge is 0.0342 e. The Morgan fingerprint density at radius 1 is 1.19 bits per heavy atom. The second kappa shape index (κ2) is 8.46. The summed E-state index contributed by atoms with van der Waals surface area (Å²) in [6, 6.07) is 8.66. The minimum atomic E-state index is 0.744. The minimum absolute atomic E-state index is 0.744. The molecule has 0 saturated heterocycles. The van der Waals surface area contributed by atoms with Gasteiger partial charge < -0.3 is 5.32 Å². The molecule has 1 aromatic rings. The summed E-state index contributed by atoms with van der Waals surface area (Å²) < 4.78 is 0. The van der Waals surface area contributed by atoms with Crippen molar-refractivity contribution in [2.45, 2.75) is 39.0 Å². The number of hydrogen-bond donors (Lipinski definition) is 1. The fourth-order valence-electron chi connectivity index (χ4n) is 1.72. The lowest BCUT2D eigenvalue weighted by Gasteiger charge is -2.07. The maximum absolute atomic E-state index is 5.69. The van der Waals surface area contributed by atoms with E-state index >= 15 is 0 Å². The number of halogens is 1. The Labute approximate surface area is 104 Å². The zero-order chi connectivity index (χ0) is 11.6. The molecule has 0 aromatic heterocycles. The fourth-order valence-corrected chi connectivity index (χ4v) is 1.85. The van der Waals surface area contributed by atoms with Crippen LogP contribution in [-0.4, -0.2) is 12.4 Å². The third-order valence-corrected chi connectivity index (χ3v) is 2.90. The molecule has 0 unspecified atom stereocenters. The first-order valence-corrected chi connectivity index (χ1v) is 6.79. The van der Waals surface area contributed by atoms with E-state index in [1.54, 1.807) is 0 Å². The molecular weight excluding hydrogens is 218 g/mol. The number of rotatable bonds is 8. The average molecular weight is 240 g/mol. The average Bonchev–Trinajstić information content (AvgIpc) is 2.33. The predicted octanol–water partition coefficient (Wildman–Crippen LogP) is 4.46. The first-order valence-electron chi connectivity index (χ1n) is 6.25. The van der Waals surface area contributed by atoms with Gasteiger partial charge in [0.2, 0.25) is 0 Å². The van der Waals surface area contributed by atoms with Crippen molar-refractivity contribution in [1.29, 1.82) is 0 Å². The molecule has 2 heteroatoms. The van der Waals surface area contributed by atoms with Gasteiger partial charge in [-0.3, -0.25) is 0 Å². The molecule has 0 heterocycles. The van der Waals surface area contributed by atoms with E-state index in [1.807, 2.05) is 0 Å². The quantitative estimate of drug-likeness (QED) is 0.522. The van der Waals surface area contributed by atoms with Gasteiger partial charge in [0.1, 0.15) is 0 Å². The molecule has 90 valence electrons. The Balaban J connectivity index is 2.35. The van der Waals surface area contributed by atoms with Crippen molar-refractivity contribution < 1.29 is 0 Å². The summed E-state index contributed by atoms with van der Waals surface area (Å²) in [7, 11) is 0. The van der Waals surface area contributed by atoms with Crippen LogP contribution < -0.4 is 5.32 Å². The van der Waals surface area contributed by atoms with Gasteiger partial charge in [0.25, 0.3) is 0 Å². The van der Waals surface area contributed by atoms with Gasteiger partial charge in [0.05, 0.1) is 0 Å². The number of benzene rings is 1. The second-order valence-corrected chi connectivity index (χ2v) is 4.50. The second-order valence-electron chi connectivity index (χ2n) is 4.13. The van der Waals surface area contributed by atoms with Crippen molar-refractivity contribution in [2.75, 3.05) is 17.7 Å². The molecule has 0 fully saturated rings. The highest BCUT2D eigenvalue weighted by Gasteiger charge is 1.95. The van der Waals surface area contributed by atoms with E-state index in [-0.39, 0.29) is 0 Å².